The van der Waals surface area contributed by atoms with Crippen molar-refractivity contribution < 1.29 is 4.79 Å². The second-order valence-corrected chi connectivity index (χ2v) is 7.12. The van der Waals surface area contributed by atoms with E-state index >= 15 is 0 Å². The molecule has 1 aliphatic heterocycles. The van der Waals surface area contributed by atoms with Crippen LogP contribution in [0.2, 0.25) is 0 Å². The molecule has 0 unspecified atom stereocenters. The van der Waals surface area contributed by atoms with Gasteiger partial charge in [-0.3, -0.25) is 9.78 Å². The molecule has 2 aromatic carbocycles. The van der Waals surface area contributed by atoms with Crippen LogP contribution >= 0.6 is 0 Å². The molecular weight excluding hydrogens is 364 g/mol. The van der Waals surface area contributed by atoms with Crippen LogP contribution in [0.1, 0.15) is 27.7 Å². The van der Waals surface area contributed by atoms with Crippen molar-refractivity contribution in [2.75, 3.05) is 13.1 Å². The Kier molecular flexibility index (Phi) is 4.48. The van der Waals surface area contributed by atoms with Crippen molar-refractivity contribution in [3.8, 4) is 0 Å². The van der Waals surface area contributed by atoms with Gasteiger partial charge in [0.25, 0.3) is 5.91 Å². The molecule has 0 aliphatic carbocycles. The van der Waals surface area contributed by atoms with E-state index in [1.165, 1.54) is 5.56 Å². The highest BCUT2D eigenvalue weighted by Gasteiger charge is 2.23. The van der Waals surface area contributed by atoms with Crippen molar-refractivity contribution in [1.82, 2.24) is 29.6 Å². The van der Waals surface area contributed by atoms with Crippen LogP contribution in [0.4, 0.5) is 0 Å². The molecule has 0 atom stereocenters. The topological polar surface area (TPSA) is 76.8 Å². The number of hydrogen-bond acceptors (Lipinski definition) is 5. The molecule has 0 saturated heterocycles. The van der Waals surface area contributed by atoms with Crippen LogP contribution in [0.5, 0.6) is 0 Å². The summed E-state index contributed by atoms with van der Waals surface area (Å²) in [6, 6.07) is 17.8. The molecular formula is C22H20N6O. The van der Waals surface area contributed by atoms with Crippen molar-refractivity contribution in [1.29, 1.82) is 0 Å². The maximum absolute atomic E-state index is 13.0. The van der Waals surface area contributed by atoms with E-state index in [0.29, 0.717) is 31.7 Å². The van der Waals surface area contributed by atoms with Crippen molar-refractivity contribution in [3.63, 3.8) is 0 Å². The predicted molar refractivity (Wildman–Crippen MR) is 108 cm³/mol. The lowest BCUT2D eigenvalue weighted by Gasteiger charge is -2.19. The highest BCUT2D eigenvalue weighted by Crippen LogP contribution is 2.14. The zero-order valence-electron chi connectivity index (χ0n) is 15.9. The monoisotopic (exact) mass is 384 g/mol. The van der Waals surface area contributed by atoms with Gasteiger partial charge < -0.3 is 4.90 Å². The average Bonchev–Trinajstić information content (AvgIpc) is 3.04. The normalized spacial score (nSPS) is 13.9. The third kappa shape index (κ3) is 3.59. The van der Waals surface area contributed by atoms with Crippen LogP contribution in [0, 0.1) is 0 Å². The lowest BCUT2D eigenvalue weighted by molar-refractivity contribution is 0.0752. The van der Waals surface area contributed by atoms with Crippen LogP contribution in [-0.4, -0.2) is 48.6 Å². The standard InChI is InChI=1S/C22H20N6O/c29-22(19-15-23-17-8-4-5-9-18(17)24-19)27-11-10-21-25-20(26-28(21)13-12-27)14-16-6-2-1-3-7-16/h1-9,15H,10-14H2. The van der Waals surface area contributed by atoms with Crippen LogP contribution < -0.4 is 0 Å². The lowest BCUT2D eigenvalue weighted by atomic mass is 10.1. The fourth-order valence-corrected chi connectivity index (χ4v) is 3.63. The van der Waals surface area contributed by atoms with Crippen LogP contribution in [0.25, 0.3) is 11.0 Å². The highest BCUT2D eigenvalue weighted by atomic mass is 16.2. The first kappa shape index (κ1) is 17.5. The molecule has 0 spiro atoms. The molecule has 2 aromatic heterocycles. The van der Waals surface area contributed by atoms with Gasteiger partial charge in [-0.15, -0.1) is 0 Å². The Morgan fingerprint density at radius 3 is 2.55 bits per heavy atom. The van der Waals surface area contributed by atoms with E-state index in [-0.39, 0.29) is 5.91 Å². The maximum Gasteiger partial charge on any atom is 0.274 e. The summed E-state index contributed by atoms with van der Waals surface area (Å²) in [6.07, 6.45) is 2.95. The van der Waals surface area contributed by atoms with Gasteiger partial charge in [0.05, 0.1) is 23.8 Å². The molecule has 0 bridgehead atoms. The average molecular weight is 384 g/mol. The fourth-order valence-electron chi connectivity index (χ4n) is 3.63. The number of aromatic nitrogens is 5. The zero-order chi connectivity index (χ0) is 19.6. The van der Waals surface area contributed by atoms with E-state index in [1.54, 1.807) is 6.20 Å². The predicted octanol–water partition coefficient (Wildman–Crippen LogP) is 2.51. The molecule has 1 amide bonds. The second kappa shape index (κ2) is 7.43. The molecule has 0 fully saturated rings. The lowest BCUT2D eigenvalue weighted by Crippen LogP contribution is -2.34. The zero-order valence-corrected chi connectivity index (χ0v) is 15.9. The van der Waals surface area contributed by atoms with Gasteiger partial charge in [0.2, 0.25) is 0 Å². The largest absolute Gasteiger partial charge is 0.335 e. The molecule has 7 nitrogen and oxygen atoms in total. The molecule has 0 saturated carbocycles. The molecule has 29 heavy (non-hydrogen) atoms. The van der Waals surface area contributed by atoms with Gasteiger partial charge in [0.15, 0.2) is 5.82 Å². The van der Waals surface area contributed by atoms with Gasteiger partial charge >= 0.3 is 0 Å². The third-order valence-electron chi connectivity index (χ3n) is 5.14. The Morgan fingerprint density at radius 2 is 1.69 bits per heavy atom. The SMILES string of the molecule is O=C(c1cnc2ccccc2n1)N1CCc2nc(Cc3ccccc3)nn2CC1. The molecule has 0 N–H and O–H groups in total. The number of amides is 1. The Hall–Kier alpha value is -3.61. The molecule has 3 heterocycles. The summed E-state index contributed by atoms with van der Waals surface area (Å²) in [5.74, 6) is 1.65. The summed E-state index contributed by atoms with van der Waals surface area (Å²) in [4.78, 5) is 28.3. The third-order valence-corrected chi connectivity index (χ3v) is 5.14. The summed E-state index contributed by atoms with van der Waals surface area (Å²) in [7, 11) is 0. The minimum Gasteiger partial charge on any atom is -0.335 e. The van der Waals surface area contributed by atoms with Crippen LogP contribution in [0.15, 0.2) is 60.8 Å². The van der Waals surface area contributed by atoms with Crippen molar-refractivity contribution in [3.05, 3.63) is 83.7 Å². The molecule has 4 aromatic rings. The maximum atomic E-state index is 13.0. The van der Waals surface area contributed by atoms with Crippen molar-refractivity contribution >= 4 is 16.9 Å². The van der Waals surface area contributed by atoms with Crippen molar-refractivity contribution in [2.24, 2.45) is 0 Å². The number of nitrogens with zero attached hydrogens (tertiary/aromatic N) is 6. The Balaban J connectivity index is 1.30. The minimum absolute atomic E-state index is 0.0986. The first-order chi connectivity index (χ1) is 14.3. The molecule has 144 valence electrons. The summed E-state index contributed by atoms with van der Waals surface area (Å²) in [5.41, 5.74) is 3.09. The van der Waals surface area contributed by atoms with E-state index in [4.69, 9.17) is 4.98 Å². The second-order valence-electron chi connectivity index (χ2n) is 7.12. The highest BCUT2D eigenvalue weighted by molar-refractivity contribution is 5.93. The van der Waals surface area contributed by atoms with Gasteiger partial charge in [-0.1, -0.05) is 42.5 Å². The number of rotatable bonds is 3. The number of para-hydroxylation sites is 2. The van der Waals surface area contributed by atoms with Gasteiger partial charge in [0, 0.05) is 25.9 Å². The first-order valence-electron chi connectivity index (χ1n) is 9.74. The Bertz CT molecular complexity index is 1140. The minimum atomic E-state index is -0.0986. The van der Waals surface area contributed by atoms with Crippen LogP contribution in [-0.2, 0) is 19.4 Å². The summed E-state index contributed by atoms with van der Waals surface area (Å²) in [6.45, 7) is 1.80. The van der Waals surface area contributed by atoms with Gasteiger partial charge in [0.1, 0.15) is 11.5 Å². The number of hydrogen-bond donors (Lipinski definition) is 0. The molecule has 5 rings (SSSR count). The fraction of sp³-hybridized carbons (Fsp3) is 0.227. The quantitative estimate of drug-likeness (QED) is 0.542. The van der Waals surface area contributed by atoms with Gasteiger partial charge in [-0.05, 0) is 17.7 Å². The first-order valence-corrected chi connectivity index (χ1v) is 9.74. The van der Waals surface area contributed by atoms with Gasteiger partial charge in [-0.25, -0.2) is 14.6 Å². The Morgan fingerprint density at radius 1 is 0.897 bits per heavy atom. The number of carbonyl (C=O) groups excluding carboxylic acids is 1. The van der Waals surface area contributed by atoms with Gasteiger partial charge in [-0.2, -0.15) is 5.10 Å². The van der Waals surface area contributed by atoms with E-state index in [2.05, 4.69) is 27.2 Å². The Labute approximate surface area is 168 Å². The molecule has 1 aliphatic rings. The number of benzene rings is 2. The van der Waals surface area contributed by atoms with E-state index in [0.717, 1.165) is 29.1 Å². The number of carbonyl (C=O) groups is 1. The summed E-state index contributed by atoms with van der Waals surface area (Å²) < 4.78 is 1.93. The summed E-state index contributed by atoms with van der Waals surface area (Å²) >= 11 is 0. The van der Waals surface area contributed by atoms with E-state index in [1.807, 2.05) is 52.0 Å². The summed E-state index contributed by atoms with van der Waals surface area (Å²) in [5, 5.41) is 4.65. The smallest absolute Gasteiger partial charge is 0.274 e. The van der Waals surface area contributed by atoms with Crippen molar-refractivity contribution in [2.45, 2.75) is 19.4 Å². The molecule has 0 radical (unpaired) electrons. The van der Waals surface area contributed by atoms with Crippen LogP contribution in [0.3, 0.4) is 0 Å². The number of fused-ring (bicyclic) bond motifs is 2. The van der Waals surface area contributed by atoms with E-state index < -0.39 is 0 Å². The van der Waals surface area contributed by atoms with E-state index in [9.17, 15) is 4.79 Å². The molecule has 7 heteroatoms.